The number of aryl methyl sites for hydroxylation is 2. The molecule has 31 heavy (non-hydrogen) atoms. The highest BCUT2D eigenvalue weighted by atomic mass is 32.2. The lowest BCUT2D eigenvalue weighted by Crippen LogP contribution is -2.30. The Balaban J connectivity index is 1.46. The highest BCUT2D eigenvalue weighted by Crippen LogP contribution is 2.24. The Labute approximate surface area is 182 Å². The third-order valence-corrected chi connectivity index (χ3v) is 6.95. The zero-order valence-electron chi connectivity index (χ0n) is 17.8. The molecule has 8 heteroatoms. The number of carbonyl (C=O) groups excluding carboxylic acids is 1. The number of hydrazine groups is 1. The van der Waals surface area contributed by atoms with Gasteiger partial charge in [0.05, 0.1) is 16.1 Å². The second-order valence-corrected chi connectivity index (χ2v) is 9.62. The first-order valence-corrected chi connectivity index (χ1v) is 11.7. The van der Waals surface area contributed by atoms with Crippen LogP contribution in [0.25, 0.3) is 5.69 Å². The maximum atomic E-state index is 12.8. The van der Waals surface area contributed by atoms with Crippen LogP contribution in [-0.4, -0.2) is 24.9 Å². The van der Waals surface area contributed by atoms with Gasteiger partial charge in [0.15, 0.2) is 0 Å². The van der Waals surface area contributed by atoms with E-state index in [0.29, 0.717) is 11.3 Å². The Hall–Kier alpha value is -3.10. The number of aromatic nitrogens is 1. The Bertz CT molecular complexity index is 1230. The largest absolute Gasteiger partial charge is 0.317 e. The maximum absolute atomic E-state index is 12.8. The molecular formula is C23H26N4O3S. The monoisotopic (exact) mass is 438 g/mol. The first-order chi connectivity index (χ1) is 14.8. The number of benzene rings is 2. The Morgan fingerprint density at radius 3 is 2.32 bits per heavy atom. The number of nitrogens with one attached hydrogen (secondary N) is 3. The number of hydrogen-bond donors (Lipinski definition) is 3. The third-order valence-electron chi connectivity index (χ3n) is 5.42. The van der Waals surface area contributed by atoms with E-state index in [4.69, 9.17) is 0 Å². The van der Waals surface area contributed by atoms with Gasteiger partial charge in [-0.3, -0.25) is 15.6 Å². The summed E-state index contributed by atoms with van der Waals surface area (Å²) in [4.78, 5) is 13.0. The number of hydrogen-bond acceptors (Lipinski definition) is 4. The summed E-state index contributed by atoms with van der Waals surface area (Å²) >= 11 is 0. The lowest BCUT2D eigenvalue weighted by atomic mass is 10.2. The average molecular weight is 439 g/mol. The van der Waals surface area contributed by atoms with Gasteiger partial charge < -0.3 is 4.57 Å². The van der Waals surface area contributed by atoms with E-state index in [1.807, 2.05) is 51.1 Å². The fourth-order valence-electron chi connectivity index (χ4n) is 3.58. The van der Waals surface area contributed by atoms with Crippen LogP contribution in [0.5, 0.6) is 0 Å². The lowest BCUT2D eigenvalue weighted by molar-refractivity contribution is 0.0962. The van der Waals surface area contributed by atoms with Crippen molar-refractivity contribution >= 4 is 21.6 Å². The van der Waals surface area contributed by atoms with Gasteiger partial charge in [0.1, 0.15) is 0 Å². The molecule has 3 aromatic rings. The van der Waals surface area contributed by atoms with Crippen LogP contribution in [0.1, 0.15) is 40.2 Å². The molecule has 0 saturated heterocycles. The average Bonchev–Trinajstić information content (AvgIpc) is 3.49. The minimum Gasteiger partial charge on any atom is -0.317 e. The molecule has 7 nitrogen and oxygen atoms in total. The second kappa shape index (κ2) is 8.20. The predicted octanol–water partition coefficient (Wildman–Crippen LogP) is 3.60. The molecule has 1 aliphatic carbocycles. The quantitative estimate of drug-likeness (QED) is 0.492. The van der Waals surface area contributed by atoms with E-state index >= 15 is 0 Å². The van der Waals surface area contributed by atoms with Crippen molar-refractivity contribution < 1.29 is 13.2 Å². The van der Waals surface area contributed by atoms with Crippen molar-refractivity contribution in [2.75, 3.05) is 5.43 Å². The van der Waals surface area contributed by atoms with E-state index in [2.05, 4.69) is 20.1 Å². The highest BCUT2D eigenvalue weighted by molar-refractivity contribution is 7.89. The van der Waals surface area contributed by atoms with Crippen LogP contribution in [-0.2, 0) is 10.0 Å². The second-order valence-electron chi connectivity index (χ2n) is 7.91. The molecule has 2 aromatic carbocycles. The van der Waals surface area contributed by atoms with Gasteiger partial charge in [0.25, 0.3) is 5.91 Å². The molecule has 0 atom stereocenters. The van der Waals surface area contributed by atoms with Gasteiger partial charge in [0, 0.05) is 23.1 Å². The van der Waals surface area contributed by atoms with Gasteiger partial charge in [0.2, 0.25) is 10.0 Å². The van der Waals surface area contributed by atoms with Crippen LogP contribution < -0.4 is 15.6 Å². The topological polar surface area (TPSA) is 92.2 Å². The smallest absolute Gasteiger partial charge is 0.271 e. The summed E-state index contributed by atoms with van der Waals surface area (Å²) in [5, 5.41) is 0. The van der Waals surface area contributed by atoms with Gasteiger partial charge in [-0.2, -0.15) is 0 Å². The van der Waals surface area contributed by atoms with Crippen molar-refractivity contribution in [3.63, 3.8) is 0 Å². The molecule has 1 aliphatic rings. The molecule has 1 heterocycles. The van der Waals surface area contributed by atoms with E-state index in [1.54, 1.807) is 12.1 Å². The van der Waals surface area contributed by atoms with Crippen LogP contribution >= 0.6 is 0 Å². The molecule has 1 saturated carbocycles. The van der Waals surface area contributed by atoms with E-state index in [0.717, 1.165) is 35.5 Å². The van der Waals surface area contributed by atoms with Crippen molar-refractivity contribution in [3.8, 4) is 5.69 Å². The number of anilines is 1. The zero-order chi connectivity index (χ0) is 22.2. The van der Waals surface area contributed by atoms with Gasteiger partial charge >= 0.3 is 0 Å². The highest BCUT2D eigenvalue weighted by Gasteiger charge is 2.27. The summed E-state index contributed by atoms with van der Waals surface area (Å²) in [7, 11) is -3.49. The van der Waals surface area contributed by atoms with Crippen LogP contribution in [0, 0.1) is 20.8 Å². The number of nitrogens with zero attached hydrogens (tertiary/aromatic N) is 1. The Kier molecular flexibility index (Phi) is 5.60. The standard InChI is InChI=1S/C23H26N4O3S/c1-15-6-4-5-7-22(15)27-16(2)14-21(17(27)3)23(28)25-24-18-10-12-20(13-11-18)31(29,30)26-19-8-9-19/h4-7,10-14,19,24,26H,8-9H2,1-3H3,(H,25,28). The van der Waals surface area contributed by atoms with Crippen LogP contribution in [0.4, 0.5) is 5.69 Å². The first kappa shape index (κ1) is 21.1. The van der Waals surface area contributed by atoms with Crippen molar-refractivity contribution in [3.05, 3.63) is 77.1 Å². The molecule has 0 radical (unpaired) electrons. The van der Waals surface area contributed by atoms with Crippen LogP contribution in [0.15, 0.2) is 59.5 Å². The van der Waals surface area contributed by atoms with Gasteiger partial charge in [-0.25, -0.2) is 13.1 Å². The summed E-state index contributed by atoms with van der Waals surface area (Å²) in [6.45, 7) is 5.93. The van der Waals surface area contributed by atoms with E-state index in [-0.39, 0.29) is 16.8 Å². The lowest BCUT2D eigenvalue weighted by Gasteiger charge is -2.13. The number of carbonyl (C=O) groups is 1. The van der Waals surface area contributed by atoms with Crippen molar-refractivity contribution in [2.45, 2.75) is 44.6 Å². The molecule has 3 N–H and O–H groups in total. The minimum absolute atomic E-state index is 0.0563. The summed E-state index contributed by atoms with van der Waals surface area (Å²) in [5.41, 5.74) is 10.7. The fourth-order valence-corrected chi connectivity index (χ4v) is 4.89. The maximum Gasteiger partial charge on any atom is 0.271 e. The van der Waals surface area contributed by atoms with Crippen molar-refractivity contribution in [2.24, 2.45) is 0 Å². The first-order valence-electron chi connectivity index (χ1n) is 10.2. The summed E-state index contributed by atoms with van der Waals surface area (Å²) in [6.07, 6.45) is 1.77. The Morgan fingerprint density at radius 2 is 1.68 bits per heavy atom. The fraction of sp³-hybridized carbons (Fsp3) is 0.261. The summed E-state index contributed by atoms with van der Waals surface area (Å²) in [6, 6.07) is 16.2. The molecule has 0 bridgehead atoms. The molecule has 162 valence electrons. The van der Waals surface area contributed by atoms with E-state index in [9.17, 15) is 13.2 Å². The SMILES string of the molecule is Cc1ccccc1-n1c(C)cc(C(=O)NNc2ccc(S(=O)(=O)NC3CC3)cc2)c1C. The summed E-state index contributed by atoms with van der Waals surface area (Å²) < 4.78 is 29.2. The predicted molar refractivity (Wildman–Crippen MR) is 121 cm³/mol. The molecule has 1 aromatic heterocycles. The van der Waals surface area contributed by atoms with Crippen molar-refractivity contribution in [1.82, 2.24) is 14.7 Å². The molecule has 0 unspecified atom stereocenters. The number of sulfonamides is 1. The Morgan fingerprint density at radius 1 is 1.00 bits per heavy atom. The normalized spacial score (nSPS) is 13.8. The number of para-hydroxylation sites is 1. The zero-order valence-corrected chi connectivity index (χ0v) is 18.6. The molecule has 0 spiro atoms. The molecule has 1 fully saturated rings. The van der Waals surface area contributed by atoms with Gasteiger partial charge in [-0.15, -0.1) is 0 Å². The van der Waals surface area contributed by atoms with Crippen molar-refractivity contribution in [1.29, 1.82) is 0 Å². The number of amides is 1. The van der Waals surface area contributed by atoms with Gasteiger partial charge in [-0.1, -0.05) is 18.2 Å². The minimum atomic E-state index is -3.49. The van der Waals surface area contributed by atoms with Crippen LogP contribution in [0.3, 0.4) is 0 Å². The van der Waals surface area contributed by atoms with E-state index < -0.39 is 10.0 Å². The van der Waals surface area contributed by atoms with Gasteiger partial charge in [-0.05, 0) is 75.6 Å². The number of rotatable bonds is 7. The third kappa shape index (κ3) is 4.50. The van der Waals surface area contributed by atoms with E-state index in [1.165, 1.54) is 12.1 Å². The molecule has 4 rings (SSSR count). The van der Waals surface area contributed by atoms with Crippen LogP contribution in [0.2, 0.25) is 0 Å². The molecular weight excluding hydrogens is 412 g/mol. The molecule has 0 aliphatic heterocycles. The summed E-state index contributed by atoms with van der Waals surface area (Å²) in [5.74, 6) is -0.264. The molecule has 1 amide bonds.